The highest BCUT2D eigenvalue weighted by Gasteiger charge is 2.26. The number of methoxy groups -OCH3 is 2. The molecule has 0 aliphatic carbocycles. The van der Waals surface area contributed by atoms with Crippen LogP contribution < -0.4 is 9.47 Å². The second-order valence-corrected chi connectivity index (χ2v) is 9.13. The van der Waals surface area contributed by atoms with Crippen molar-refractivity contribution in [2.24, 2.45) is 0 Å². The van der Waals surface area contributed by atoms with Crippen molar-refractivity contribution < 1.29 is 18.7 Å². The molecule has 4 aromatic rings. The number of carbonyl (C=O) groups is 1. The molecule has 34 heavy (non-hydrogen) atoms. The molecule has 5 rings (SSSR count). The van der Waals surface area contributed by atoms with Crippen LogP contribution in [0.5, 0.6) is 11.5 Å². The fraction of sp³-hybridized carbons (Fsp3) is 0.320. The molecular formula is C25H26N4O4S. The molecule has 1 N–H and O–H groups in total. The average molecular weight is 479 g/mol. The quantitative estimate of drug-likeness (QED) is 0.384. The molecule has 0 bridgehead atoms. The number of likely N-dealkylation sites (tertiary alicyclic amines) is 1. The van der Waals surface area contributed by atoms with E-state index in [1.807, 2.05) is 41.3 Å². The van der Waals surface area contributed by atoms with Gasteiger partial charge >= 0.3 is 0 Å². The van der Waals surface area contributed by atoms with E-state index in [1.54, 1.807) is 14.2 Å². The molecule has 3 heterocycles. The summed E-state index contributed by atoms with van der Waals surface area (Å²) in [4.78, 5) is 18.1. The summed E-state index contributed by atoms with van der Waals surface area (Å²) in [6.45, 7) is 1.48. The van der Waals surface area contributed by atoms with Crippen LogP contribution in [0.1, 0.15) is 24.3 Å². The Labute approximate surface area is 201 Å². The number of thioether (sulfide) groups is 1. The zero-order chi connectivity index (χ0) is 23.5. The Kier molecular flexibility index (Phi) is 6.44. The summed E-state index contributed by atoms with van der Waals surface area (Å²) >= 11 is 1.27. The first-order chi connectivity index (χ1) is 16.6. The molecule has 0 saturated carbocycles. The lowest BCUT2D eigenvalue weighted by Gasteiger charge is -2.32. The van der Waals surface area contributed by atoms with Crippen LogP contribution in [-0.4, -0.2) is 59.1 Å². The maximum Gasteiger partial charge on any atom is 0.277 e. The van der Waals surface area contributed by atoms with Crippen molar-refractivity contribution in [2.45, 2.75) is 24.0 Å². The SMILES string of the molecule is COc1ccc(-c2nnc(SCC(=O)N3CCC(c4c[nH]c5ccc(OC)cc45)CC3)o2)cc1. The zero-order valence-corrected chi connectivity index (χ0v) is 19.9. The highest BCUT2D eigenvalue weighted by Crippen LogP contribution is 2.35. The third-order valence-electron chi connectivity index (χ3n) is 6.27. The van der Waals surface area contributed by atoms with Crippen molar-refractivity contribution in [1.29, 1.82) is 0 Å². The van der Waals surface area contributed by atoms with E-state index in [0.717, 1.165) is 48.5 Å². The van der Waals surface area contributed by atoms with Crippen molar-refractivity contribution in [3.8, 4) is 23.0 Å². The highest BCUT2D eigenvalue weighted by atomic mass is 32.2. The van der Waals surface area contributed by atoms with Gasteiger partial charge in [0.1, 0.15) is 11.5 Å². The predicted octanol–water partition coefficient (Wildman–Crippen LogP) is 4.73. The topological polar surface area (TPSA) is 93.5 Å². The molecule has 0 unspecified atom stereocenters. The molecule has 176 valence electrons. The van der Waals surface area contributed by atoms with Crippen LogP contribution in [0.3, 0.4) is 0 Å². The minimum atomic E-state index is 0.0910. The summed E-state index contributed by atoms with van der Waals surface area (Å²) in [5.74, 6) is 2.83. The summed E-state index contributed by atoms with van der Waals surface area (Å²) < 4.78 is 16.3. The number of benzene rings is 2. The third kappa shape index (κ3) is 4.61. The summed E-state index contributed by atoms with van der Waals surface area (Å²) in [5.41, 5.74) is 3.22. The molecule has 1 saturated heterocycles. The lowest BCUT2D eigenvalue weighted by Crippen LogP contribution is -2.38. The van der Waals surface area contributed by atoms with E-state index in [2.05, 4.69) is 27.4 Å². The molecule has 2 aromatic heterocycles. The Hall–Kier alpha value is -3.46. The lowest BCUT2D eigenvalue weighted by molar-refractivity contribution is -0.129. The fourth-order valence-corrected chi connectivity index (χ4v) is 5.03. The van der Waals surface area contributed by atoms with Crippen LogP contribution in [0.15, 0.2) is 58.3 Å². The summed E-state index contributed by atoms with van der Waals surface area (Å²) in [6.07, 6.45) is 3.96. The Morgan fingerprint density at radius 3 is 2.56 bits per heavy atom. The molecule has 1 amide bonds. The maximum atomic E-state index is 12.8. The molecule has 1 fully saturated rings. The van der Waals surface area contributed by atoms with Gasteiger partial charge in [-0.2, -0.15) is 0 Å². The molecule has 8 nitrogen and oxygen atoms in total. The van der Waals surface area contributed by atoms with E-state index < -0.39 is 0 Å². The monoisotopic (exact) mass is 478 g/mol. The van der Waals surface area contributed by atoms with Gasteiger partial charge in [-0.3, -0.25) is 4.79 Å². The van der Waals surface area contributed by atoms with Gasteiger partial charge in [-0.05, 0) is 66.8 Å². The summed E-state index contributed by atoms with van der Waals surface area (Å²) in [6, 6.07) is 13.5. The standard InChI is InChI=1S/C25H26N4O4S/c1-31-18-5-3-17(4-6-18)24-27-28-25(33-24)34-15-23(30)29-11-9-16(10-12-29)21-14-26-22-8-7-19(32-2)13-20(21)22/h3-8,13-14,16,26H,9-12,15H2,1-2H3. The van der Waals surface area contributed by atoms with Gasteiger partial charge in [0.05, 0.1) is 20.0 Å². The fourth-order valence-electron chi connectivity index (χ4n) is 4.36. The normalized spacial score (nSPS) is 14.5. The molecule has 2 aromatic carbocycles. The molecule has 1 aliphatic heterocycles. The first-order valence-electron chi connectivity index (χ1n) is 11.2. The Balaban J connectivity index is 1.15. The minimum absolute atomic E-state index is 0.0910. The summed E-state index contributed by atoms with van der Waals surface area (Å²) in [7, 11) is 3.30. The van der Waals surface area contributed by atoms with Gasteiger partial charge in [0, 0.05) is 35.8 Å². The van der Waals surface area contributed by atoms with E-state index in [-0.39, 0.29) is 11.7 Å². The number of nitrogens with one attached hydrogen (secondary N) is 1. The number of piperidine rings is 1. The highest BCUT2D eigenvalue weighted by molar-refractivity contribution is 7.99. The zero-order valence-electron chi connectivity index (χ0n) is 19.1. The molecule has 9 heteroatoms. The smallest absolute Gasteiger partial charge is 0.277 e. The number of hydrogen-bond acceptors (Lipinski definition) is 7. The number of fused-ring (bicyclic) bond motifs is 1. The number of H-pyrrole nitrogens is 1. The van der Waals surface area contributed by atoms with Gasteiger partial charge in [0.25, 0.3) is 5.22 Å². The number of amides is 1. The Bertz CT molecular complexity index is 1280. The number of nitrogens with zero attached hydrogens (tertiary/aromatic N) is 3. The van der Waals surface area contributed by atoms with Crippen molar-refractivity contribution in [1.82, 2.24) is 20.1 Å². The molecule has 0 radical (unpaired) electrons. The number of aromatic amines is 1. The Morgan fingerprint density at radius 1 is 1.09 bits per heavy atom. The second kappa shape index (κ2) is 9.80. The van der Waals surface area contributed by atoms with Gasteiger partial charge in [0.15, 0.2) is 0 Å². The van der Waals surface area contributed by atoms with E-state index in [9.17, 15) is 4.79 Å². The number of ether oxygens (including phenoxy) is 2. The van der Waals surface area contributed by atoms with Crippen LogP contribution in [0.25, 0.3) is 22.4 Å². The molecule has 0 atom stereocenters. The average Bonchev–Trinajstić information content (AvgIpc) is 3.54. The van der Waals surface area contributed by atoms with E-state index in [4.69, 9.17) is 13.9 Å². The number of rotatable bonds is 7. The van der Waals surface area contributed by atoms with Gasteiger partial charge in [-0.25, -0.2) is 0 Å². The van der Waals surface area contributed by atoms with Crippen LogP contribution in [0, 0.1) is 0 Å². The van der Waals surface area contributed by atoms with Crippen LogP contribution in [0.2, 0.25) is 0 Å². The second-order valence-electron chi connectivity index (χ2n) is 8.20. The van der Waals surface area contributed by atoms with Crippen LogP contribution >= 0.6 is 11.8 Å². The van der Waals surface area contributed by atoms with Crippen molar-refractivity contribution >= 4 is 28.6 Å². The summed E-state index contributed by atoms with van der Waals surface area (Å²) in [5, 5.41) is 9.75. The first kappa shape index (κ1) is 22.3. The first-order valence-corrected chi connectivity index (χ1v) is 12.2. The van der Waals surface area contributed by atoms with Gasteiger partial charge in [-0.1, -0.05) is 11.8 Å². The van der Waals surface area contributed by atoms with E-state index in [1.165, 1.54) is 22.7 Å². The van der Waals surface area contributed by atoms with Gasteiger partial charge in [-0.15, -0.1) is 10.2 Å². The largest absolute Gasteiger partial charge is 0.497 e. The van der Waals surface area contributed by atoms with Gasteiger partial charge in [0.2, 0.25) is 11.8 Å². The van der Waals surface area contributed by atoms with E-state index in [0.29, 0.717) is 17.0 Å². The Morgan fingerprint density at radius 2 is 1.82 bits per heavy atom. The van der Waals surface area contributed by atoms with Crippen molar-refractivity contribution in [2.75, 3.05) is 33.1 Å². The minimum Gasteiger partial charge on any atom is -0.497 e. The number of hydrogen-bond donors (Lipinski definition) is 1. The van der Waals surface area contributed by atoms with Gasteiger partial charge < -0.3 is 23.8 Å². The number of carbonyl (C=O) groups excluding carboxylic acids is 1. The molecular weight excluding hydrogens is 452 g/mol. The van der Waals surface area contributed by atoms with Crippen LogP contribution in [0.4, 0.5) is 0 Å². The lowest BCUT2D eigenvalue weighted by atomic mass is 9.89. The maximum absolute atomic E-state index is 12.8. The van der Waals surface area contributed by atoms with E-state index >= 15 is 0 Å². The molecule has 0 spiro atoms. The number of aromatic nitrogens is 3. The van der Waals surface area contributed by atoms with Crippen LogP contribution in [-0.2, 0) is 4.79 Å². The molecule has 1 aliphatic rings. The predicted molar refractivity (Wildman–Crippen MR) is 130 cm³/mol. The third-order valence-corrected chi connectivity index (χ3v) is 7.07. The van der Waals surface area contributed by atoms with Crippen molar-refractivity contribution in [3.63, 3.8) is 0 Å². The van der Waals surface area contributed by atoms with Crippen molar-refractivity contribution in [3.05, 3.63) is 54.2 Å².